The summed E-state index contributed by atoms with van der Waals surface area (Å²) in [5.74, 6) is 0.476. The van der Waals surface area contributed by atoms with Crippen molar-refractivity contribution < 1.29 is 4.79 Å². The average Bonchev–Trinajstić information content (AvgIpc) is 1.63. The van der Waals surface area contributed by atoms with E-state index in [4.69, 9.17) is 0 Å². The van der Waals surface area contributed by atoms with E-state index in [0.717, 1.165) is 0 Å². The Morgan fingerprint density at radius 2 is 2.11 bits per heavy atom. The van der Waals surface area contributed by atoms with Gasteiger partial charge in [-0.3, -0.25) is 4.79 Å². The summed E-state index contributed by atoms with van der Waals surface area (Å²) in [6, 6.07) is 0. The van der Waals surface area contributed by atoms with Gasteiger partial charge in [-0.25, -0.2) is 0 Å². The first kappa shape index (κ1) is 8.21. The lowest BCUT2D eigenvalue weighted by Gasteiger charge is -1.93. The fraction of sp³-hybridized carbons (Fsp3) is 0.571. The van der Waals surface area contributed by atoms with E-state index >= 15 is 0 Å². The van der Waals surface area contributed by atoms with Crippen LogP contribution in [0.4, 0.5) is 0 Å². The van der Waals surface area contributed by atoms with Crippen molar-refractivity contribution in [2.45, 2.75) is 20.8 Å². The van der Waals surface area contributed by atoms with Crippen molar-refractivity contribution in [2.24, 2.45) is 5.92 Å². The van der Waals surface area contributed by atoms with Gasteiger partial charge in [0.15, 0.2) is 0 Å². The molecule has 0 saturated carbocycles. The van der Waals surface area contributed by atoms with Crippen LogP contribution in [0.3, 0.4) is 0 Å². The number of hydrogen-bond donors (Lipinski definition) is 1. The van der Waals surface area contributed by atoms with Crippen molar-refractivity contribution >= 4 is 5.91 Å². The summed E-state index contributed by atoms with van der Waals surface area (Å²) in [4.78, 5) is 10.3. The molecule has 0 radical (unpaired) electrons. The molecule has 0 aromatic carbocycles. The smallest absolute Gasteiger partial charge is 0.220 e. The third-order valence-electron chi connectivity index (χ3n) is 0.768. The highest BCUT2D eigenvalue weighted by atomic mass is 16.1. The zero-order valence-electron chi connectivity index (χ0n) is 6.14. The van der Waals surface area contributed by atoms with Gasteiger partial charge >= 0.3 is 0 Å². The molecule has 0 aliphatic heterocycles. The number of nitrogens with one attached hydrogen (secondary N) is 1. The Kier molecular flexibility index (Phi) is 3.76. The number of allylic oxidation sites excluding steroid dienone is 1. The number of hydrogen-bond acceptors (Lipinski definition) is 1. The van der Waals surface area contributed by atoms with Crippen LogP contribution in [0.2, 0.25) is 0 Å². The third kappa shape index (κ3) is 7.21. The molecule has 0 bridgehead atoms. The SMILES string of the molecule is CC(=O)N/C=C\C(C)C. The highest BCUT2D eigenvalue weighted by molar-refractivity contribution is 5.73. The van der Waals surface area contributed by atoms with Crippen molar-refractivity contribution in [3.63, 3.8) is 0 Å². The largest absolute Gasteiger partial charge is 0.333 e. The lowest BCUT2D eigenvalue weighted by atomic mass is 10.2. The summed E-state index contributed by atoms with van der Waals surface area (Å²) >= 11 is 0. The van der Waals surface area contributed by atoms with Crippen molar-refractivity contribution in [1.82, 2.24) is 5.32 Å². The van der Waals surface area contributed by atoms with E-state index in [2.05, 4.69) is 19.2 Å². The van der Waals surface area contributed by atoms with Gasteiger partial charge in [0.2, 0.25) is 5.91 Å². The highest BCUT2D eigenvalue weighted by Gasteiger charge is 1.84. The molecular formula is C7H13NO. The summed E-state index contributed by atoms with van der Waals surface area (Å²) in [6.07, 6.45) is 3.61. The number of amides is 1. The maximum Gasteiger partial charge on any atom is 0.220 e. The monoisotopic (exact) mass is 127 g/mol. The van der Waals surface area contributed by atoms with E-state index in [9.17, 15) is 4.79 Å². The number of carbonyl (C=O) groups excluding carboxylic acids is 1. The molecule has 0 aromatic rings. The molecule has 0 rings (SSSR count). The van der Waals surface area contributed by atoms with Crippen molar-refractivity contribution in [3.8, 4) is 0 Å². The highest BCUT2D eigenvalue weighted by Crippen LogP contribution is 1.90. The van der Waals surface area contributed by atoms with Crippen LogP contribution in [0.15, 0.2) is 12.3 Å². The molecule has 2 nitrogen and oxygen atoms in total. The predicted molar refractivity (Wildman–Crippen MR) is 37.8 cm³/mol. The van der Waals surface area contributed by atoms with Crippen LogP contribution < -0.4 is 5.32 Å². The van der Waals surface area contributed by atoms with Gasteiger partial charge in [0.05, 0.1) is 0 Å². The lowest BCUT2D eigenvalue weighted by Crippen LogP contribution is -2.11. The van der Waals surface area contributed by atoms with Crippen molar-refractivity contribution in [1.29, 1.82) is 0 Å². The fourth-order valence-electron chi connectivity index (χ4n) is 0.358. The van der Waals surface area contributed by atoms with E-state index in [1.54, 1.807) is 6.20 Å². The minimum absolute atomic E-state index is 0.0214. The van der Waals surface area contributed by atoms with Crippen LogP contribution in [-0.4, -0.2) is 5.91 Å². The Bertz CT molecular complexity index is 116. The molecule has 0 atom stereocenters. The molecule has 0 saturated heterocycles. The van der Waals surface area contributed by atoms with Crippen LogP contribution in [0.5, 0.6) is 0 Å². The van der Waals surface area contributed by atoms with E-state index in [1.165, 1.54) is 6.92 Å². The topological polar surface area (TPSA) is 29.1 Å². The molecule has 1 N–H and O–H groups in total. The summed E-state index contributed by atoms with van der Waals surface area (Å²) < 4.78 is 0. The Morgan fingerprint density at radius 1 is 1.56 bits per heavy atom. The molecule has 0 aliphatic carbocycles. The van der Waals surface area contributed by atoms with Gasteiger partial charge in [0.1, 0.15) is 0 Å². The second-order valence-electron chi connectivity index (χ2n) is 2.30. The molecule has 1 amide bonds. The molecule has 0 aliphatic rings. The molecule has 0 fully saturated rings. The minimum Gasteiger partial charge on any atom is -0.333 e. The van der Waals surface area contributed by atoms with Crippen LogP contribution in [0.25, 0.3) is 0 Å². The Balaban J connectivity index is 3.36. The number of rotatable bonds is 2. The van der Waals surface area contributed by atoms with Gasteiger partial charge in [-0.05, 0) is 12.1 Å². The van der Waals surface area contributed by atoms with Gasteiger partial charge in [-0.15, -0.1) is 0 Å². The maximum absolute atomic E-state index is 10.3. The zero-order chi connectivity index (χ0) is 7.28. The molecule has 0 spiro atoms. The molecule has 9 heavy (non-hydrogen) atoms. The molecule has 52 valence electrons. The predicted octanol–water partition coefficient (Wildman–Crippen LogP) is 1.29. The van der Waals surface area contributed by atoms with E-state index < -0.39 is 0 Å². The first-order valence-electron chi connectivity index (χ1n) is 3.06. The number of carbonyl (C=O) groups is 1. The first-order chi connectivity index (χ1) is 4.13. The van der Waals surface area contributed by atoms with Gasteiger partial charge in [0.25, 0.3) is 0 Å². The van der Waals surface area contributed by atoms with Gasteiger partial charge in [-0.1, -0.05) is 19.9 Å². The Hall–Kier alpha value is -0.790. The zero-order valence-corrected chi connectivity index (χ0v) is 6.14. The van der Waals surface area contributed by atoms with Gasteiger partial charge in [-0.2, -0.15) is 0 Å². The van der Waals surface area contributed by atoms with Crippen LogP contribution >= 0.6 is 0 Å². The molecule has 0 heterocycles. The minimum atomic E-state index is -0.0214. The van der Waals surface area contributed by atoms with Crippen molar-refractivity contribution in [2.75, 3.05) is 0 Å². The average molecular weight is 127 g/mol. The standard InChI is InChI=1S/C7H13NO/c1-6(2)4-5-8-7(3)9/h4-6H,1-3H3,(H,8,9)/b5-4-. The lowest BCUT2D eigenvalue weighted by molar-refractivity contribution is -0.118. The first-order valence-corrected chi connectivity index (χ1v) is 3.06. The van der Waals surface area contributed by atoms with Crippen molar-refractivity contribution in [3.05, 3.63) is 12.3 Å². The summed E-state index contributed by atoms with van der Waals surface area (Å²) in [5, 5.41) is 2.56. The Labute approximate surface area is 56.0 Å². The fourth-order valence-corrected chi connectivity index (χ4v) is 0.358. The van der Waals surface area contributed by atoms with E-state index in [1.807, 2.05) is 6.08 Å². The van der Waals surface area contributed by atoms with E-state index in [0.29, 0.717) is 5.92 Å². The second-order valence-corrected chi connectivity index (χ2v) is 2.30. The maximum atomic E-state index is 10.3. The van der Waals surface area contributed by atoms with Crippen LogP contribution in [0.1, 0.15) is 20.8 Å². The molecule has 2 heteroatoms. The van der Waals surface area contributed by atoms with Gasteiger partial charge < -0.3 is 5.32 Å². The normalized spacial score (nSPS) is 10.7. The summed E-state index contributed by atoms with van der Waals surface area (Å²) in [5.41, 5.74) is 0. The van der Waals surface area contributed by atoms with E-state index in [-0.39, 0.29) is 5.91 Å². The Morgan fingerprint density at radius 3 is 2.44 bits per heavy atom. The molecule has 0 unspecified atom stereocenters. The van der Waals surface area contributed by atoms with Crippen LogP contribution in [-0.2, 0) is 4.79 Å². The van der Waals surface area contributed by atoms with Crippen LogP contribution in [0, 0.1) is 5.92 Å². The van der Waals surface area contributed by atoms with Gasteiger partial charge in [0, 0.05) is 6.92 Å². The second kappa shape index (κ2) is 4.13. The molecular weight excluding hydrogens is 114 g/mol. The molecule has 0 aromatic heterocycles. The third-order valence-corrected chi connectivity index (χ3v) is 0.768. The summed E-state index contributed by atoms with van der Waals surface area (Å²) in [6.45, 7) is 5.60. The quantitative estimate of drug-likeness (QED) is 0.595. The summed E-state index contributed by atoms with van der Waals surface area (Å²) in [7, 11) is 0.